The van der Waals surface area contributed by atoms with Gasteiger partial charge in [-0.25, -0.2) is 0 Å². The molecule has 0 aromatic carbocycles. The molecule has 0 bridgehead atoms. The van der Waals surface area contributed by atoms with Crippen molar-refractivity contribution in [2.24, 2.45) is 5.92 Å². The second-order valence-electron chi connectivity index (χ2n) is 5.72. The van der Waals surface area contributed by atoms with Gasteiger partial charge >= 0.3 is 0 Å². The molecule has 0 aliphatic carbocycles. The fourth-order valence-corrected chi connectivity index (χ4v) is 2.21. The summed E-state index contributed by atoms with van der Waals surface area (Å²) in [4.78, 5) is 11.8. The molecule has 18 heavy (non-hydrogen) atoms. The van der Waals surface area contributed by atoms with Crippen molar-refractivity contribution in [3.63, 3.8) is 0 Å². The van der Waals surface area contributed by atoms with Gasteiger partial charge in [-0.1, -0.05) is 26.7 Å². The number of carbonyl (C=O) groups is 1. The van der Waals surface area contributed by atoms with E-state index in [4.69, 9.17) is 4.74 Å². The van der Waals surface area contributed by atoms with Gasteiger partial charge in [0.1, 0.15) is 0 Å². The average molecular weight is 256 g/mol. The highest BCUT2D eigenvalue weighted by Crippen LogP contribution is 2.08. The number of hydrogen-bond donors (Lipinski definition) is 2. The normalized spacial score (nSPS) is 21.9. The number of morpholine rings is 1. The van der Waals surface area contributed by atoms with E-state index in [0.29, 0.717) is 13.0 Å². The maximum absolute atomic E-state index is 11.8. The van der Waals surface area contributed by atoms with Gasteiger partial charge in [-0.05, 0) is 19.3 Å². The lowest BCUT2D eigenvalue weighted by Crippen LogP contribution is -2.45. The Morgan fingerprint density at radius 3 is 2.78 bits per heavy atom. The molecule has 2 unspecified atom stereocenters. The second-order valence-corrected chi connectivity index (χ2v) is 5.72. The van der Waals surface area contributed by atoms with Gasteiger partial charge in [0.25, 0.3) is 0 Å². The van der Waals surface area contributed by atoms with Crippen LogP contribution < -0.4 is 10.6 Å². The van der Waals surface area contributed by atoms with Crippen LogP contribution in [0, 0.1) is 5.92 Å². The van der Waals surface area contributed by atoms with Crippen molar-refractivity contribution in [2.45, 2.75) is 58.5 Å². The zero-order chi connectivity index (χ0) is 13.4. The minimum absolute atomic E-state index is 0.134. The van der Waals surface area contributed by atoms with E-state index in [1.165, 1.54) is 12.8 Å². The van der Waals surface area contributed by atoms with E-state index in [9.17, 15) is 4.79 Å². The Bertz CT molecular complexity index is 238. The molecule has 4 heteroatoms. The smallest absolute Gasteiger partial charge is 0.221 e. The molecule has 0 aromatic rings. The van der Waals surface area contributed by atoms with Gasteiger partial charge in [0, 0.05) is 25.0 Å². The summed E-state index contributed by atoms with van der Waals surface area (Å²) in [5.74, 6) is 0.881. The third-order valence-corrected chi connectivity index (χ3v) is 3.26. The molecule has 1 fully saturated rings. The summed E-state index contributed by atoms with van der Waals surface area (Å²) in [6.07, 6.45) is 4.01. The summed E-state index contributed by atoms with van der Waals surface area (Å²) in [7, 11) is 0. The highest BCUT2D eigenvalue weighted by molar-refractivity contribution is 5.76. The van der Waals surface area contributed by atoms with Gasteiger partial charge < -0.3 is 15.4 Å². The van der Waals surface area contributed by atoms with E-state index in [1.54, 1.807) is 0 Å². The van der Waals surface area contributed by atoms with Crippen molar-refractivity contribution >= 4 is 5.91 Å². The van der Waals surface area contributed by atoms with Crippen molar-refractivity contribution in [3.8, 4) is 0 Å². The fourth-order valence-electron chi connectivity index (χ4n) is 2.21. The van der Waals surface area contributed by atoms with Crippen LogP contribution in [0.2, 0.25) is 0 Å². The summed E-state index contributed by atoms with van der Waals surface area (Å²) >= 11 is 0. The average Bonchev–Trinajstić information content (AvgIpc) is 2.29. The third kappa shape index (κ3) is 6.97. The van der Waals surface area contributed by atoms with Crippen molar-refractivity contribution in [1.82, 2.24) is 10.6 Å². The van der Waals surface area contributed by atoms with Crippen LogP contribution in [0.5, 0.6) is 0 Å². The molecule has 2 N–H and O–H groups in total. The number of nitrogens with one attached hydrogen (secondary N) is 2. The zero-order valence-electron chi connectivity index (χ0n) is 12.0. The van der Waals surface area contributed by atoms with Crippen LogP contribution in [0.15, 0.2) is 0 Å². The molecule has 0 radical (unpaired) electrons. The molecule has 1 aliphatic heterocycles. The molecular formula is C14H28N2O2. The van der Waals surface area contributed by atoms with Crippen molar-refractivity contribution in [1.29, 1.82) is 0 Å². The van der Waals surface area contributed by atoms with Crippen molar-refractivity contribution in [2.75, 3.05) is 19.8 Å². The number of ether oxygens (including phenoxy) is 1. The van der Waals surface area contributed by atoms with Crippen molar-refractivity contribution < 1.29 is 9.53 Å². The molecule has 1 rings (SSSR count). The molecule has 1 saturated heterocycles. The van der Waals surface area contributed by atoms with Gasteiger partial charge in [-0.2, -0.15) is 0 Å². The lowest BCUT2D eigenvalue weighted by Gasteiger charge is -2.24. The van der Waals surface area contributed by atoms with Gasteiger partial charge in [0.15, 0.2) is 0 Å². The lowest BCUT2D eigenvalue weighted by molar-refractivity contribution is -0.122. The first-order chi connectivity index (χ1) is 8.58. The Hall–Kier alpha value is -0.610. The monoisotopic (exact) mass is 256 g/mol. The summed E-state index contributed by atoms with van der Waals surface area (Å²) in [5, 5.41) is 6.36. The SMILES string of the molecule is CC(C)CCCC(C)NC(=O)CC1COCCN1. The first-order valence-electron chi connectivity index (χ1n) is 7.18. The number of carbonyl (C=O) groups excluding carboxylic acids is 1. The quantitative estimate of drug-likeness (QED) is 0.729. The molecule has 0 aromatic heterocycles. The maximum atomic E-state index is 11.8. The van der Waals surface area contributed by atoms with E-state index < -0.39 is 0 Å². The standard InChI is InChI=1S/C14H28N2O2/c1-11(2)5-4-6-12(3)16-14(17)9-13-10-18-8-7-15-13/h11-13,15H,4-10H2,1-3H3,(H,16,17). The Morgan fingerprint density at radius 2 is 2.17 bits per heavy atom. The topological polar surface area (TPSA) is 50.4 Å². The molecule has 4 nitrogen and oxygen atoms in total. The fraction of sp³-hybridized carbons (Fsp3) is 0.929. The third-order valence-electron chi connectivity index (χ3n) is 3.26. The van der Waals surface area contributed by atoms with Crippen LogP contribution in [0.3, 0.4) is 0 Å². The van der Waals surface area contributed by atoms with Crippen LogP contribution in [0.25, 0.3) is 0 Å². The minimum Gasteiger partial charge on any atom is -0.378 e. The van der Waals surface area contributed by atoms with E-state index in [-0.39, 0.29) is 18.0 Å². The number of hydrogen-bond acceptors (Lipinski definition) is 3. The molecule has 1 amide bonds. The molecular weight excluding hydrogens is 228 g/mol. The van der Waals surface area contributed by atoms with Gasteiger partial charge in [0.05, 0.1) is 13.2 Å². The first-order valence-corrected chi connectivity index (χ1v) is 7.18. The molecule has 1 heterocycles. The van der Waals surface area contributed by atoms with Crippen molar-refractivity contribution in [3.05, 3.63) is 0 Å². The van der Waals surface area contributed by atoms with E-state index in [2.05, 4.69) is 31.4 Å². The Labute approximate surface area is 111 Å². The van der Waals surface area contributed by atoms with Gasteiger partial charge in [0.2, 0.25) is 5.91 Å². The summed E-state index contributed by atoms with van der Waals surface area (Å²) in [5.41, 5.74) is 0. The van der Waals surface area contributed by atoms with Crippen LogP contribution in [-0.2, 0) is 9.53 Å². The largest absolute Gasteiger partial charge is 0.378 e. The van der Waals surface area contributed by atoms with Crippen LogP contribution >= 0.6 is 0 Å². The second kappa shape index (κ2) is 8.48. The van der Waals surface area contributed by atoms with Crippen LogP contribution in [0.4, 0.5) is 0 Å². The maximum Gasteiger partial charge on any atom is 0.221 e. The van der Waals surface area contributed by atoms with E-state index >= 15 is 0 Å². The molecule has 106 valence electrons. The zero-order valence-corrected chi connectivity index (χ0v) is 12.0. The highest BCUT2D eigenvalue weighted by Gasteiger charge is 2.17. The first kappa shape index (κ1) is 15.4. The lowest BCUT2D eigenvalue weighted by atomic mass is 10.0. The number of amides is 1. The Morgan fingerprint density at radius 1 is 1.39 bits per heavy atom. The van der Waals surface area contributed by atoms with Crippen LogP contribution in [0.1, 0.15) is 46.5 Å². The van der Waals surface area contributed by atoms with E-state index in [1.807, 2.05) is 0 Å². The molecule has 2 atom stereocenters. The van der Waals surface area contributed by atoms with Crippen LogP contribution in [-0.4, -0.2) is 37.7 Å². The van der Waals surface area contributed by atoms with E-state index in [0.717, 1.165) is 25.5 Å². The minimum atomic E-state index is 0.134. The van der Waals surface area contributed by atoms with Gasteiger partial charge in [-0.15, -0.1) is 0 Å². The molecule has 0 spiro atoms. The molecule has 0 saturated carbocycles. The predicted molar refractivity (Wildman–Crippen MR) is 73.5 cm³/mol. The Balaban J connectivity index is 2.10. The Kier molecular flexibility index (Phi) is 7.28. The highest BCUT2D eigenvalue weighted by atomic mass is 16.5. The summed E-state index contributed by atoms with van der Waals surface area (Å²) < 4.78 is 5.34. The van der Waals surface area contributed by atoms with Gasteiger partial charge in [-0.3, -0.25) is 4.79 Å². The summed E-state index contributed by atoms with van der Waals surface area (Å²) in [6, 6.07) is 0.461. The predicted octanol–water partition coefficient (Wildman–Crippen LogP) is 1.70. The molecule has 1 aliphatic rings. The summed E-state index contributed by atoms with van der Waals surface area (Å²) in [6.45, 7) is 8.81. The number of rotatable bonds is 7.